The van der Waals surface area contributed by atoms with E-state index in [9.17, 15) is 13.2 Å². The summed E-state index contributed by atoms with van der Waals surface area (Å²) in [7, 11) is -3.50. The Kier molecular flexibility index (Phi) is 4.94. The number of rotatable bonds is 5. The van der Waals surface area contributed by atoms with Crippen LogP contribution in [0.3, 0.4) is 0 Å². The van der Waals surface area contributed by atoms with E-state index in [0.717, 1.165) is 19.3 Å². The monoisotopic (exact) mass is 263 g/mol. The molecule has 0 aliphatic heterocycles. The topological polar surface area (TPSA) is 83.5 Å². The van der Waals surface area contributed by atoms with Gasteiger partial charge < -0.3 is 5.11 Å². The number of sulfonamides is 1. The second-order valence-electron chi connectivity index (χ2n) is 4.98. The van der Waals surface area contributed by atoms with Gasteiger partial charge in [-0.3, -0.25) is 4.79 Å². The predicted octanol–water partition coefficient (Wildman–Crippen LogP) is 1.35. The Bertz CT molecular complexity index is 358. The molecule has 5 nitrogen and oxygen atoms in total. The summed E-state index contributed by atoms with van der Waals surface area (Å²) in [6.07, 6.45) is 4.16. The van der Waals surface area contributed by atoms with Crippen LogP contribution in [0.4, 0.5) is 0 Å². The van der Waals surface area contributed by atoms with E-state index in [1.807, 2.05) is 0 Å². The molecule has 0 unspecified atom stereocenters. The molecule has 6 heteroatoms. The number of aliphatic carboxylic acids is 1. The minimum atomic E-state index is -3.50. The van der Waals surface area contributed by atoms with Crippen LogP contribution in [0.5, 0.6) is 0 Å². The average molecular weight is 263 g/mol. The molecular formula is C11H21NO4S. The Balaban J connectivity index is 2.73. The van der Waals surface area contributed by atoms with Gasteiger partial charge in [-0.05, 0) is 18.8 Å². The van der Waals surface area contributed by atoms with Crippen LogP contribution in [0.25, 0.3) is 0 Å². The van der Waals surface area contributed by atoms with Gasteiger partial charge in [0, 0.05) is 0 Å². The molecule has 0 aromatic heterocycles. The van der Waals surface area contributed by atoms with Gasteiger partial charge in [0.1, 0.15) is 6.04 Å². The third kappa shape index (κ3) is 3.96. The predicted molar refractivity (Wildman–Crippen MR) is 65.2 cm³/mol. The Morgan fingerprint density at radius 3 is 2.18 bits per heavy atom. The summed E-state index contributed by atoms with van der Waals surface area (Å²) in [5.41, 5.74) is 0. The second kappa shape index (κ2) is 5.82. The summed E-state index contributed by atoms with van der Waals surface area (Å²) < 4.78 is 26.4. The molecule has 1 saturated carbocycles. The van der Waals surface area contributed by atoms with Crippen LogP contribution in [-0.2, 0) is 14.8 Å². The van der Waals surface area contributed by atoms with E-state index >= 15 is 0 Å². The first kappa shape index (κ1) is 14.4. The zero-order valence-electron chi connectivity index (χ0n) is 10.3. The molecule has 100 valence electrons. The fraction of sp³-hybridized carbons (Fsp3) is 0.909. The van der Waals surface area contributed by atoms with Gasteiger partial charge in [-0.25, -0.2) is 13.1 Å². The molecule has 0 saturated heterocycles. The second-order valence-corrected chi connectivity index (χ2v) is 6.98. The summed E-state index contributed by atoms with van der Waals surface area (Å²) in [6, 6.07) is -1.03. The van der Waals surface area contributed by atoms with Crippen molar-refractivity contribution < 1.29 is 18.3 Å². The Hall–Kier alpha value is -0.620. The number of carboxylic acid groups (broad SMARTS) is 1. The summed E-state index contributed by atoms with van der Waals surface area (Å²) >= 11 is 0. The smallest absolute Gasteiger partial charge is 0.321 e. The number of carboxylic acids is 1. The summed E-state index contributed by atoms with van der Waals surface area (Å²) in [5, 5.41) is 8.56. The lowest BCUT2D eigenvalue weighted by Crippen LogP contribution is -2.48. The molecule has 0 radical (unpaired) electrons. The van der Waals surface area contributed by atoms with E-state index in [4.69, 9.17) is 5.11 Å². The lowest BCUT2D eigenvalue weighted by Gasteiger charge is -2.25. The molecule has 1 rings (SSSR count). The highest BCUT2D eigenvalue weighted by Crippen LogP contribution is 2.23. The molecule has 0 heterocycles. The van der Waals surface area contributed by atoms with Crippen molar-refractivity contribution in [1.29, 1.82) is 0 Å². The van der Waals surface area contributed by atoms with Gasteiger partial charge in [0.15, 0.2) is 0 Å². The van der Waals surface area contributed by atoms with Gasteiger partial charge in [-0.2, -0.15) is 0 Å². The molecule has 2 N–H and O–H groups in total. The summed E-state index contributed by atoms with van der Waals surface area (Å²) in [4.78, 5) is 11.0. The van der Waals surface area contributed by atoms with E-state index < -0.39 is 27.3 Å². The maximum atomic E-state index is 12.0. The zero-order valence-corrected chi connectivity index (χ0v) is 11.2. The van der Waals surface area contributed by atoms with Crippen molar-refractivity contribution in [1.82, 2.24) is 4.72 Å². The third-order valence-corrected chi connectivity index (χ3v) is 5.15. The molecule has 0 aromatic rings. The number of hydrogen-bond acceptors (Lipinski definition) is 3. The van der Waals surface area contributed by atoms with Gasteiger partial charge in [0.25, 0.3) is 0 Å². The zero-order chi connectivity index (χ0) is 13.1. The maximum Gasteiger partial charge on any atom is 0.321 e. The molecular weight excluding hydrogens is 242 g/mol. The standard InChI is InChI=1S/C11H21NO4S/c1-8(2)10(11(13)14)12-17(15,16)9-6-4-3-5-7-9/h8-10,12H,3-7H2,1-2H3,(H,13,14)/t10-/m0/s1. The average Bonchev–Trinajstić information content (AvgIpc) is 2.26. The number of carbonyl (C=O) groups is 1. The van der Waals surface area contributed by atoms with Gasteiger partial charge in [-0.15, -0.1) is 0 Å². The lowest BCUT2D eigenvalue weighted by atomic mass is 10.0. The molecule has 1 atom stereocenters. The van der Waals surface area contributed by atoms with Gasteiger partial charge >= 0.3 is 5.97 Å². The Labute approximate surface area is 103 Å². The van der Waals surface area contributed by atoms with Crippen LogP contribution in [-0.4, -0.2) is 30.8 Å². The first-order valence-corrected chi connectivity index (χ1v) is 7.63. The molecule has 0 aromatic carbocycles. The van der Waals surface area contributed by atoms with E-state index in [-0.39, 0.29) is 5.92 Å². The Morgan fingerprint density at radius 1 is 1.24 bits per heavy atom. The number of nitrogens with one attached hydrogen (secondary N) is 1. The van der Waals surface area contributed by atoms with Gasteiger partial charge in [-0.1, -0.05) is 33.1 Å². The summed E-state index contributed by atoms with van der Waals surface area (Å²) in [5.74, 6) is -1.37. The molecule has 0 amide bonds. The number of hydrogen-bond donors (Lipinski definition) is 2. The van der Waals surface area contributed by atoms with Crippen molar-refractivity contribution in [2.24, 2.45) is 5.92 Å². The van der Waals surface area contributed by atoms with Crippen LogP contribution >= 0.6 is 0 Å². The van der Waals surface area contributed by atoms with Crippen LogP contribution in [0.15, 0.2) is 0 Å². The van der Waals surface area contributed by atoms with Gasteiger partial charge in [0.2, 0.25) is 10.0 Å². The quantitative estimate of drug-likeness (QED) is 0.784. The van der Waals surface area contributed by atoms with E-state index in [1.165, 1.54) is 0 Å². The SMILES string of the molecule is CC(C)[C@H](NS(=O)(=O)C1CCCCC1)C(=O)O. The first-order valence-electron chi connectivity index (χ1n) is 6.08. The molecule has 0 spiro atoms. The molecule has 0 bridgehead atoms. The van der Waals surface area contributed by atoms with E-state index in [2.05, 4.69) is 4.72 Å². The van der Waals surface area contributed by atoms with Crippen molar-refractivity contribution in [3.05, 3.63) is 0 Å². The Morgan fingerprint density at radius 2 is 1.76 bits per heavy atom. The molecule has 17 heavy (non-hydrogen) atoms. The van der Waals surface area contributed by atoms with Crippen molar-refractivity contribution in [3.8, 4) is 0 Å². The minimum Gasteiger partial charge on any atom is -0.480 e. The van der Waals surface area contributed by atoms with E-state index in [1.54, 1.807) is 13.8 Å². The fourth-order valence-corrected chi connectivity index (χ4v) is 3.99. The van der Waals surface area contributed by atoms with Crippen LogP contribution in [0.1, 0.15) is 46.0 Å². The van der Waals surface area contributed by atoms with Crippen LogP contribution in [0, 0.1) is 5.92 Å². The van der Waals surface area contributed by atoms with Gasteiger partial charge in [0.05, 0.1) is 5.25 Å². The molecule has 1 fully saturated rings. The van der Waals surface area contributed by atoms with E-state index in [0.29, 0.717) is 12.8 Å². The van der Waals surface area contributed by atoms with Crippen LogP contribution in [0.2, 0.25) is 0 Å². The highest BCUT2D eigenvalue weighted by molar-refractivity contribution is 7.90. The lowest BCUT2D eigenvalue weighted by molar-refractivity contribution is -0.140. The van der Waals surface area contributed by atoms with Crippen molar-refractivity contribution in [3.63, 3.8) is 0 Å². The van der Waals surface area contributed by atoms with Crippen LogP contribution < -0.4 is 4.72 Å². The highest BCUT2D eigenvalue weighted by atomic mass is 32.2. The van der Waals surface area contributed by atoms with Crippen molar-refractivity contribution in [2.45, 2.75) is 57.2 Å². The highest BCUT2D eigenvalue weighted by Gasteiger charge is 2.33. The minimum absolute atomic E-state index is 0.258. The third-order valence-electron chi connectivity index (χ3n) is 3.21. The largest absolute Gasteiger partial charge is 0.480 e. The summed E-state index contributed by atoms with van der Waals surface area (Å²) in [6.45, 7) is 3.39. The van der Waals surface area contributed by atoms with Crippen molar-refractivity contribution in [2.75, 3.05) is 0 Å². The first-order chi connectivity index (χ1) is 7.84. The molecule has 1 aliphatic rings. The normalized spacial score (nSPS) is 20.4. The maximum absolute atomic E-state index is 12.0. The van der Waals surface area contributed by atoms with Crippen molar-refractivity contribution >= 4 is 16.0 Å². The molecule has 1 aliphatic carbocycles. The fourth-order valence-electron chi connectivity index (χ4n) is 2.12.